The first-order chi connectivity index (χ1) is 16.7. The van der Waals surface area contributed by atoms with Gasteiger partial charge < -0.3 is 4.74 Å². The molecule has 4 heteroatoms. The van der Waals surface area contributed by atoms with E-state index in [9.17, 15) is 4.39 Å². The van der Waals surface area contributed by atoms with E-state index in [1.807, 2.05) is 18.2 Å². The monoisotopic (exact) mass is 468 g/mol. The van der Waals surface area contributed by atoms with Gasteiger partial charge in [-0.15, -0.1) is 0 Å². The maximum Gasteiger partial charge on any atom is 0.136 e. The molecule has 0 N–H and O–H groups in total. The Hall–Kier alpha value is -1.97. The highest BCUT2D eigenvalue weighted by Crippen LogP contribution is 2.34. The molecule has 0 spiro atoms. The van der Waals surface area contributed by atoms with Crippen molar-refractivity contribution in [3.63, 3.8) is 0 Å². The fourth-order valence-electron chi connectivity index (χ4n) is 5.17. The third-order valence-corrected chi connectivity index (χ3v) is 7.44. The summed E-state index contributed by atoms with van der Waals surface area (Å²) in [6, 6.07) is 8.96. The minimum Gasteiger partial charge on any atom is -0.493 e. The summed E-state index contributed by atoms with van der Waals surface area (Å²) < 4.78 is 20.3. The summed E-state index contributed by atoms with van der Waals surface area (Å²) >= 11 is 0. The molecule has 0 radical (unpaired) electrons. The number of ether oxygens (including phenoxy) is 1. The number of rotatable bonds is 15. The van der Waals surface area contributed by atoms with Gasteiger partial charge in [-0.3, -0.25) is 0 Å². The van der Waals surface area contributed by atoms with Crippen molar-refractivity contribution in [1.82, 2.24) is 10.2 Å². The average molecular weight is 469 g/mol. The number of hydrogen-bond donors (Lipinski definition) is 0. The summed E-state index contributed by atoms with van der Waals surface area (Å²) in [6.45, 7) is 5.10. The number of aromatic nitrogens is 2. The minimum absolute atomic E-state index is 0.306. The van der Waals surface area contributed by atoms with Crippen LogP contribution in [0.1, 0.15) is 109 Å². The van der Waals surface area contributed by atoms with Gasteiger partial charge in [0.2, 0.25) is 0 Å². The van der Waals surface area contributed by atoms with E-state index in [0.29, 0.717) is 23.6 Å². The molecule has 3 rings (SSSR count). The number of aryl methyl sites for hydroxylation is 1. The van der Waals surface area contributed by atoms with E-state index in [0.717, 1.165) is 36.8 Å². The summed E-state index contributed by atoms with van der Waals surface area (Å²) in [5.74, 6) is 2.05. The highest BCUT2D eigenvalue weighted by atomic mass is 19.1. The summed E-state index contributed by atoms with van der Waals surface area (Å²) in [6.07, 6.45) is 19.2. The third-order valence-electron chi connectivity index (χ3n) is 7.44. The van der Waals surface area contributed by atoms with Gasteiger partial charge in [0.05, 0.1) is 18.0 Å². The highest BCUT2D eigenvalue weighted by Gasteiger charge is 2.21. The van der Waals surface area contributed by atoms with Crippen LogP contribution in [-0.2, 0) is 6.42 Å². The Morgan fingerprint density at radius 2 is 1.50 bits per heavy atom. The van der Waals surface area contributed by atoms with Gasteiger partial charge in [0, 0.05) is 11.6 Å². The standard InChI is InChI=1S/C30H45FN2O/c1-3-5-7-9-11-24-12-14-25(15-13-24)16-17-26-18-21-30(33-32-26)28-20-19-27(23-29(28)31)34-22-10-8-6-4-2/h18-21,23-25H,3-17,22H2,1-2H3. The van der Waals surface area contributed by atoms with Crippen LogP contribution < -0.4 is 4.74 Å². The van der Waals surface area contributed by atoms with Crippen LogP contribution in [0.15, 0.2) is 30.3 Å². The van der Waals surface area contributed by atoms with Gasteiger partial charge >= 0.3 is 0 Å². The fraction of sp³-hybridized carbons (Fsp3) is 0.667. The van der Waals surface area contributed by atoms with Crippen LogP contribution in [0.2, 0.25) is 0 Å². The molecule has 34 heavy (non-hydrogen) atoms. The fourth-order valence-corrected chi connectivity index (χ4v) is 5.17. The number of unbranched alkanes of at least 4 members (excludes halogenated alkanes) is 6. The molecule has 1 heterocycles. The molecule has 0 bridgehead atoms. The van der Waals surface area contributed by atoms with Gasteiger partial charge in [-0.25, -0.2) is 4.39 Å². The molecule has 0 saturated heterocycles. The van der Waals surface area contributed by atoms with Crippen molar-refractivity contribution >= 4 is 0 Å². The van der Waals surface area contributed by atoms with Crippen molar-refractivity contribution in [3.8, 4) is 17.0 Å². The van der Waals surface area contributed by atoms with E-state index in [1.165, 1.54) is 83.1 Å². The Labute approximate surface area is 206 Å². The van der Waals surface area contributed by atoms with E-state index in [1.54, 1.807) is 6.07 Å². The number of halogens is 1. The molecule has 1 aromatic heterocycles. The Morgan fingerprint density at radius 1 is 0.794 bits per heavy atom. The van der Waals surface area contributed by atoms with Crippen LogP contribution in [0.25, 0.3) is 11.3 Å². The van der Waals surface area contributed by atoms with Gasteiger partial charge in [-0.1, -0.05) is 90.9 Å². The predicted octanol–water partition coefficient (Wildman–Crippen LogP) is 8.95. The third kappa shape index (κ3) is 9.00. The van der Waals surface area contributed by atoms with Crippen molar-refractivity contribution in [2.24, 2.45) is 11.8 Å². The van der Waals surface area contributed by atoms with Crippen molar-refractivity contribution in [2.75, 3.05) is 6.61 Å². The van der Waals surface area contributed by atoms with Crippen LogP contribution >= 0.6 is 0 Å². The lowest BCUT2D eigenvalue weighted by molar-refractivity contribution is 0.248. The molecule has 0 aliphatic heterocycles. The maximum absolute atomic E-state index is 14.7. The van der Waals surface area contributed by atoms with E-state index >= 15 is 0 Å². The Balaban J connectivity index is 1.40. The molecular formula is C30H45FN2O. The van der Waals surface area contributed by atoms with Crippen LogP contribution in [0.3, 0.4) is 0 Å². The van der Waals surface area contributed by atoms with Crippen molar-refractivity contribution < 1.29 is 9.13 Å². The lowest BCUT2D eigenvalue weighted by Gasteiger charge is -2.28. The predicted molar refractivity (Wildman–Crippen MR) is 140 cm³/mol. The van der Waals surface area contributed by atoms with Gasteiger partial charge in [0.25, 0.3) is 0 Å². The molecule has 0 unspecified atom stereocenters. The van der Waals surface area contributed by atoms with Gasteiger partial charge in [-0.2, -0.15) is 10.2 Å². The quantitative estimate of drug-likeness (QED) is 0.245. The van der Waals surface area contributed by atoms with Crippen LogP contribution in [0.4, 0.5) is 4.39 Å². The average Bonchev–Trinajstić information content (AvgIpc) is 2.86. The molecule has 188 valence electrons. The zero-order chi connectivity index (χ0) is 24.0. The van der Waals surface area contributed by atoms with Gasteiger partial charge in [-0.05, 0) is 55.4 Å². The topological polar surface area (TPSA) is 35.0 Å². The van der Waals surface area contributed by atoms with Crippen LogP contribution in [0, 0.1) is 17.7 Å². The zero-order valence-corrected chi connectivity index (χ0v) is 21.5. The smallest absolute Gasteiger partial charge is 0.136 e. The number of benzene rings is 1. The lowest BCUT2D eigenvalue weighted by Crippen LogP contribution is -2.15. The molecule has 1 aromatic carbocycles. The SMILES string of the molecule is CCCCCCOc1ccc(-c2ccc(CCC3CCC(CCCCCC)CC3)nn2)c(F)c1. The number of hydrogen-bond acceptors (Lipinski definition) is 3. The summed E-state index contributed by atoms with van der Waals surface area (Å²) in [4.78, 5) is 0. The maximum atomic E-state index is 14.7. The second-order valence-corrected chi connectivity index (χ2v) is 10.2. The van der Waals surface area contributed by atoms with Gasteiger partial charge in [0.15, 0.2) is 0 Å². The molecule has 2 aromatic rings. The van der Waals surface area contributed by atoms with Crippen LogP contribution in [0.5, 0.6) is 5.75 Å². The van der Waals surface area contributed by atoms with Crippen molar-refractivity contribution in [1.29, 1.82) is 0 Å². The molecule has 0 amide bonds. The molecular weight excluding hydrogens is 423 g/mol. The second-order valence-electron chi connectivity index (χ2n) is 10.2. The Morgan fingerprint density at radius 3 is 2.15 bits per heavy atom. The minimum atomic E-state index is -0.306. The summed E-state index contributed by atoms with van der Waals surface area (Å²) in [7, 11) is 0. The molecule has 1 saturated carbocycles. The lowest BCUT2D eigenvalue weighted by atomic mass is 9.78. The first-order valence-electron chi connectivity index (χ1n) is 13.9. The zero-order valence-electron chi connectivity index (χ0n) is 21.5. The van der Waals surface area contributed by atoms with Crippen molar-refractivity contribution in [3.05, 3.63) is 41.8 Å². The molecule has 0 atom stereocenters. The first-order valence-corrected chi connectivity index (χ1v) is 13.9. The molecule has 1 aliphatic carbocycles. The van der Waals surface area contributed by atoms with E-state index in [2.05, 4.69) is 24.0 Å². The largest absolute Gasteiger partial charge is 0.493 e. The van der Waals surface area contributed by atoms with E-state index < -0.39 is 0 Å². The van der Waals surface area contributed by atoms with Crippen LogP contribution in [-0.4, -0.2) is 16.8 Å². The van der Waals surface area contributed by atoms with Gasteiger partial charge in [0.1, 0.15) is 11.6 Å². The highest BCUT2D eigenvalue weighted by molar-refractivity contribution is 5.60. The number of nitrogens with zero attached hydrogens (tertiary/aromatic N) is 2. The Bertz CT molecular complexity index is 815. The first kappa shape index (κ1) is 26.6. The van der Waals surface area contributed by atoms with E-state index in [4.69, 9.17) is 4.74 Å². The normalized spacial score (nSPS) is 18.2. The molecule has 3 nitrogen and oxygen atoms in total. The molecule has 1 aliphatic rings. The van der Waals surface area contributed by atoms with E-state index in [-0.39, 0.29) is 5.82 Å². The summed E-state index contributed by atoms with van der Waals surface area (Å²) in [5.41, 5.74) is 2.08. The second kappa shape index (κ2) is 15.1. The summed E-state index contributed by atoms with van der Waals surface area (Å²) in [5, 5.41) is 8.74. The van der Waals surface area contributed by atoms with Crippen molar-refractivity contribution in [2.45, 2.75) is 110 Å². The molecule has 1 fully saturated rings. The Kier molecular flexibility index (Phi) is 11.8.